The number of carbonyl (C=O) groups excluding carboxylic acids is 1. The lowest BCUT2D eigenvalue weighted by Gasteiger charge is -2.24. The van der Waals surface area contributed by atoms with E-state index >= 15 is 0 Å². The first-order valence-electron chi connectivity index (χ1n) is 7.72. The molecule has 3 nitrogen and oxygen atoms in total. The van der Waals surface area contributed by atoms with Crippen LogP contribution in [-0.2, 0) is 4.79 Å². The van der Waals surface area contributed by atoms with Crippen molar-refractivity contribution in [3.63, 3.8) is 0 Å². The molecule has 0 aromatic carbocycles. The highest BCUT2D eigenvalue weighted by Gasteiger charge is 2.20. The van der Waals surface area contributed by atoms with Crippen molar-refractivity contribution in [2.75, 3.05) is 19.6 Å². The highest BCUT2D eigenvalue weighted by molar-refractivity contribution is 5.85. The average Bonchev–Trinajstić information content (AvgIpc) is 2.39. The second-order valence-electron chi connectivity index (χ2n) is 5.68. The van der Waals surface area contributed by atoms with Gasteiger partial charge < -0.3 is 10.6 Å². The van der Waals surface area contributed by atoms with Gasteiger partial charge in [-0.2, -0.15) is 0 Å². The Kier molecular flexibility index (Phi) is 11.4. The number of hydrogen-bond acceptors (Lipinski definition) is 2. The molecule has 1 atom stereocenters. The molecule has 1 amide bonds. The van der Waals surface area contributed by atoms with E-state index in [2.05, 4.69) is 24.5 Å². The molecule has 4 heteroatoms. The summed E-state index contributed by atoms with van der Waals surface area (Å²) in [5, 5.41) is 6.33. The van der Waals surface area contributed by atoms with Crippen LogP contribution in [0.15, 0.2) is 0 Å². The summed E-state index contributed by atoms with van der Waals surface area (Å²) in [7, 11) is 0. The summed E-state index contributed by atoms with van der Waals surface area (Å²) in [5.41, 5.74) is 0. The Morgan fingerprint density at radius 1 is 1.16 bits per heavy atom. The average molecular weight is 291 g/mol. The molecule has 1 aliphatic rings. The second-order valence-corrected chi connectivity index (χ2v) is 5.68. The third-order valence-corrected chi connectivity index (χ3v) is 3.89. The summed E-state index contributed by atoms with van der Waals surface area (Å²) in [5.74, 6) is 1.20. The fourth-order valence-corrected chi connectivity index (χ4v) is 2.78. The van der Waals surface area contributed by atoms with Crippen LogP contribution >= 0.6 is 12.4 Å². The minimum absolute atomic E-state index is 0. The first-order chi connectivity index (χ1) is 8.74. The summed E-state index contributed by atoms with van der Waals surface area (Å²) in [4.78, 5) is 11.9. The fourth-order valence-electron chi connectivity index (χ4n) is 2.78. The molecule has 1 saturated carbocycles. The molecule has 1 aliphatic carbocycles. The third kappa shape index (κ3) is 8.48. The van der Waals surface area contributed by atoms with Crippen molar-refractivity contribution in [3.05, 3.63) is 0 Å². The molecule has 1 fully saturated rings. The van der Waals surface area contributed by atoms with Crippen molar-refractivity contribution in [1.82, 2.24) is 10.6 Å². The molecule has 0 heterocycles. The molecule has 1 unspecified atom stereocenters. The van der Waals surface area contributed by atoms with Gasteiger partial charge in [0.2, 0.25) is 5.91 Å². The lowest BCUT2D eigenvalue weighted by atomic mass is 9.83. The molecular weight excluding hydrogens is 260 g/mol. The van der Waals surface area contributed by atoms with E-state index in [0.29, 0.717) is 0 Å². The SMILES string of the molecule is CCCNCCNC(=O)C(C)CC1CCCCC1.Cl. The molecular formula is C15H31ClN2O. The van der Waals surface area contributed by atoms with Crippen LogP contribution in [0.4, 0.5) is 0 Å². The highest BCUT2D eigenvalue weighted by atomic mass is 35.5. The van der Waals surface area contributed by atoms with Crippen LogP contribution in [0.3, 0.4) is 0 Å². The Labute approximate surface area is 124 Å². The maximum Gasteiger partial charge on any atom is 0.222 e. The van der Waals surface area contributed by atoms with Gasteiger partial charge in [-0.1, -0.05) is 46.0 Å². The van der Waals surface area contributed by atoms with Gasteiger partial charge in [0.05, 0.1) is 0 Å². The van der Waals surface area contributed by atoms with Crippen molar-refractivity contribution in [2.24, 2.45) is 11.8 Å². The Morgan fingerprint density at radius 2 is 1.84 bits per heavy atom. The molecule has 0 bridgehead atoms. The Morgan fingerprint density at radius 3 is 2.47 bits per heavy atom. The van der Waals surface area contributed by atoms with E-state index in [-0.39, 0.29) is 24.2 Å². The lowest BCUT2D eigenvalue weighted by molar-refractivity contribution is -0.125. The third-order valence-electron chi connectivity index (χ3n) is 3.89. The predicted molar refractivity (Wildman–Crippen MR) is 83.8 cm³/mol. The number of hydrogen-bond donors (Lipinski definition) is 2. The van der Waals surface area contributed by atoms with Crippen molar-refractivity contribution >= 4 is 18.3 Å². The fraction of sp³-hybridized carbons (Fsp3) is 0.933. The monoisotopic (exact) mass is 290 g/mol. The van der Waals surface area contributed by atoms with E-state index in [0.717, 1.165) is 38.4 Å². The topological polar surface area (TPSA) is 41.1 Å². The Bertz CT molecular complexity index is 230. The van der Waals surface area contributed by atoms with Gasteiger partial charge in [0.1, 0.15) is 0 Å². The van der Waals surface area contributed by atoms with Crippen LogP contribution < -0.4 is 10.6 Å². The number of nitrogens with one attached hydrogen (secondary N) is 2. The highest BCUT2D eigenvalue weighted by Crippen LogP contribution is 2.28. The van der Waals surface area contributed by atoms with E-state index in [9.17, 15) is 4.79 Å². The molecule has 0 aliphatic heterocycles. The van der Waals surface area contributed by atoms with Crippen molar-refractivity contribution in [1.29, 1.82) is 0 Å². The number of halogens is 1. The molecule has 1 rings (SSSR count). The van der Waals surface area contributed by atoms with Gasteiger partial charge >= 0.3 is 0 Å². The van der Waals surface area contributed by atoms with Gasteiger partial charge in [0.15, 0.2) is 0 Å². The maximum absolute atomic E-state index is 11.9. The van der Waals surface area contributed by atoms with Crippen LogP contribution in [0.25, 0.3) is 0 Å². The zero-order valence-corrected chi connectivity index (χ0v) is 13.4. The van der Waals surface area contributed by atoms with Crippen LogP contribution in [0, 0.1) is 11.8 Å². The molecule has 0 saturated heterocycles. The van der Waals surface area contributed by atoms with Crippen LogP contribution in [0.5, 0.6) is 0 Å². The van der Waals surface area contributed by atoms with Crippen LogP contribution in [-0.4, -0.2) is 25.5 Å². The minimum Gasteiger partial charge on any atom is -0.355 e. The summed E-state index contributed by atoms with van der Waals surface area (Å²) in [6.45, 7) is 6.90. The van der Waals surface area contributed by atoms with Crippen molar-refractivity contribution in [2.45, 2.75) is 58.8 Å². The first kappa shape index (κ1) is 18.7. The van der Waals surface area contributed by atoms with Gasteiger partial charge in [-0.05, 0) is 25.3 Å². The summed E-state index contributed by atoms with van der Waals surface area (Å²) >= 11 is 0. The quantitative estimate of drug-likeness (QED) is 0.674. The minimum atomic E-state index is 0. The largest absolute Gasteiger partial charge is 0.355 e. The Hall–Kier alpha value is -0.280. The number of rotatable bonds is 8. The van der Waals surface area contributed by atoms with Crippen LogP contribution in [0.1, 0.15) is 58.8 Å². The second kappa shape index (κ2) is 11.5. The molecule has 0 radical (unpaired) electrons. The standard InChI is InChI=1S/C15H30N2O.ClH/c1-3-9-16-10-11-17-15(18)13(2)12-14-7-5-4-6-8-14;/h13-14,16H,3-12H2,1-2H3,(H,17,18);1H. The van der Waals surface area contributed by atoms with Gasteiger partial charge in [-0.3, -0.25) is 4.79 Å². The normalized spacial score (nSPS) is 17.6. The maximum atomic E-state index is 11.9. The molecule has 0 aromatic heterocycles. The first-order valence-corrected chi connectivity index (χ1v) is 7.72. The lowest BCUT2D eigenvalue weighted by Crippen LogP contribution is -2.35. The van der Waals surface area contributed by atoms with Gasteiger partial charge in [-0.15, -0.1) is 12.4 Å². The van der Waals surface area contributed by atoms with Gasteiger partial charge in [0, 0.05) is 19.0 Å². The van der Waals surface area contributed by atoms with E-state index in [4.69, 9.17) is 0 Å². The van der Waals surface area contributed by atoms with E-state index in [1.807, 2.05) is 0 Å². The van der Waals surface area contributed by atoms with E-state index in [1.165, 1.54) is 32.1 Å². The van der Waals surface area contributed by atoms with E-state index < -0.39 is 0 Å². The summed E-state index contributed by atoms with van der Waals surface area (Å²) < 4.78 is 0. The van der Waals surface area contributed by atoms with Crippen molar-refractivity contribution in [3.8, 4) is 0 Å². The number of carbonyl (C=O) groups is 1. The summed E-state index contributed by atoms with van der Waals surface area (Å²) in [6.07, 6.45) is 8.99. The molecule has 2 N–H and O–H groups in total. The smallest absolute Gasteiger partial charge is 0.222 e. The van der Waals surface area contributed by atoms with Gasteiger partial charge in [0.25, 0.3) is 0 Å². The number of amides is 1. The van der Waals surface area contributed by atoms with Crippen LogP contribution in [0.2, 0.25) is 0 Å². The predicted octanol–water partition coefficient (Wildman–Crippen LogP) is 3.13. The molecule has 19 heavy (non-hydrogen) atoms. The van der Waals surface area contributed by atoms with Gasteiger partial charge in [-0.25, -0.2) is 0 Å². The molecule has 114 valence electrons. The Balaban J connectivity index is 0.00000324. The zero-order valence-electron chi connectivity index (χ0n) is 12.5. The van der Waals surface area contributed by atoms with E-state index in [1.54, 1.807) is 0 Å². The summed E-state index contributed by atoms with van der Waals surface area (Å²) in [6, 6.07) is 0. The zero-order chi connectivity index (χ0) is 13.2. The molecule has 0 aromatic rings. The van der Waals surface area contributed by atoms with Crippen molar-refractivity contribution < 1.29 is 4.79 Å². The molecule has 0 spiro atoms.